The third-order valence-electron chi connectivity index (χ3n) is 3.44. The van der Waals surface area contributed by atoms with Crippen LogP contribution in [0.3, 0.4) is 0 Å². The van der Waals surface area contributed by atoms with Crippen LogP contribution in [0, 0.1) is 0 Å². The molecule has 3 N–H and O–H groups in total. The molecule has 114 valence electrons. The maximum Gasteiger partial charge on any atom is 0.326 e. The van der Waals surface area contributed by atoms with Gasteiger partial charge in [-0.1, -0.05) is 6.07 Å². The van der Waals surface area contributed by atoms with Crippen molar-refractivity contribution in [1.29, 1.82) is 0 Å². The van der Waals surface area contributed by atoms with Crippen LogP contribution < -0.4 is 10.2 Å². The minimum Gasteiger partial charge on any atom is -0.480 e. The van der Waals surface area contributed by atoms with Crippen molar-refractivity contribution < 1.29 is 19.8 Å². The summed E-state index contributed by atoms with van der Waals surface area (Å²) in [6, 6.07) is 5.72. The zero-order chi connectivity index (χ0) is 15.6. The summed E-state index contributed by atoms with van der Waals surface area (Å²) in [5.41, 5.74) is 1.50. The van der Waals surface area contributed by atoms with Crippen LogP contribution in [0.15, 0.2) is 24.3 Å². The van der Waals surface area contributed by atoms with E-state index in [0.29, 0.717) is 5.69 Å². The minimum atomic E-state index is -1.11. The molecule has 1 aliphatic rings. The first-order valence-electron chi connectivity index (χ1n) is 6.64. The fourth-order valence-electron chi connectivity index (χ4n) is 2.33. The van der Waals surface area contributed by atoms with Crippen LogP contribution >= 0.6 is 0 Å². The number of urea groups is 1. The number of nitrogens with one attached hydrogen (secondary N) is 1. The first kappa shape index (κ1) is 15.1. The minimum absolute atomic E-state index is 0.0240. The first-order chi connectivity index (χ1) is 9.88. The number of benzene rings is 1. The van der Waals surface area contributed by atoms with E-state index in [2.05, 4.69) is 5.32 Å². The molecule has 1 aliphatic heterocycles. The highest BCUT2D eigenvalue weighted by atomic mass is 16.4. The Morgan fingerprint density at radius 2 is 2.10 bits per heavy atom. The Morgan fingerprint density at radius 1 is 1.38 bits per heavy atom. The standard InChI is InChI=1S/C14H19N3O4/c1-16(2)10-5-3-4-9(6-10)15-14(21)17-8-11(18)7-12(17)13(19)20/h3-6,11-12,18H,7-8H2,1-2H3,(H,15,21)(H,19,20)/t11?,12-/m0/s1. The Labute approximate surface area is 122 Å². The molecule has 1 heterocycles. The van der Waals surface area contributed by atoms with Gasteiger partial charge in [-0.2, -0.15) is 0 Å². The summed E-state index contributed by atoms with van der Waals surface area (Å²) in [4.78, 5) is 26.3. The SMILES string of the molecule is CN(C)c1cccc(NC(=O)N2CC(O)C[C@H]2C(=O)O)c1. The van der Waals surface area contributed by atoms with E-state index in [0.717, 1.165) is 10.6 Å². The normalized spacial score (nSPS) is 21.2. The highest BCUT2D eigenvalue weighted by Gasteiger charge is 2.38. The summed E-state index contributed by atoms with van der Waals surface area (Å²) in [6.45, 7) is 0.0240. The van der Waals surface area contributed by atoms with Crippen molar-refractivity contribution in [2.24, 2.45) is 0 Å². The molecule has 1 fully saturated rings. The molecule has 1 aromatic carbocycles. The lowest BCUT2D eigenvalue weighted by atomic mass is 10.2. The van der Waals surface area contributed by atoms with Crippen LogP contribution in [0.1, 0.15) is 6.42 Å². The van der Waals surface area contributed by atoms with E-state index >= 15 is 0 Å². The number of carboxylic acid groups (broad SMARTS) is 1. The van der Waals surface area contributed by atoms with E-state index < -0.39 is 24.1 Å². The highest BCUT2D eigenvalue weighted by molar-refractivity contribution is 5.93. The zero-order valence-corrected chi connectivity index (χ0v) is 12.0. The molecule has 0 bridgehead atoms. The van der Waals surface area contributed by atoms with Gasteiger partial charge < -0.3 is 25.3 Å². The van der Waals surface area contributed by atoms with Crippen molar-refractivity contribution in [2.45, 2.75) is 18.6 Å². The number of likely N-dealkylation sites (tertiary alicyclic amines) is 1. The summed E-state index contributed by atoms with van der Waals surface area (Å²) in [5, 5.41) is 21.3. The van der Waals surface area contributed by atoms with E-state index in [-0.39, 0.29) is 13.0 Å². The number of carbonyl (C=O) groups is 2. The van der Waals surface area contributed by atoms with Crippen LogP contribution in [0.4, 0.5) is 16.2 Å². The topological polar surface area (TPSA) is 93.1 Å². The average Bonchev–Trinajstić information content (AvgIpc) is 2.81. The van der Waals surface area contributed by atoms with Crippen molar-refractivity contribution in [2.75, 3.05) is 30.9 Å². The lowest BCUT2D eigenvalue weighted by Crippen LogP contribution is -2.43. The molecule has 0 aliphatic carbocycles. The number of β-amino-alcohol motifs (C(OH)–C–C–N with tert-alkyl or cyclic N) is 1. The number of rotatable bonds is 3. The van der Waals surface area contributed by atoms with E-state index in [1.807, 2.05) is 25.1 Å². The monoisotopic (exact) mass is 293 g/mol. The predicted molar refractivity (Wildman–Crippen MR) is 78.5 cm³/mol. The van der Waals surface area contributed by atoms with E-state index in [9.17, 15) is 14.7 Å². The Hall–Kier alpha value is -2.28. The molecule has 0 saturated carbocycles. The lowest BCUT2D eigenvalue weighted by Gasteiger charge is -2.22. The molecule has 2 rings (SSSR count). The number of hydrogen-bond donors (Lipinski definition) is 3. The van der Waals surface area contributed by atoms with Crippen molar-refractivity contribution in [3.63, 3.8) is 0 Å². The molecular weight excluding hydrogens is 274 g/mol. The molecule has 21 heavy (non-hydrogen) atoms. The number of aliphatic hydroxyl groups excluding tert-OH is 1. The number of carbonyl (C=O) groups excluding carboxylic acids is 1. The molecule has 2 atom stereocenters. The summed E-state index contributed by atoms with van der Waals surface area (Å²) in [5.74, 6) is -1.11. The van der Waals surface area contributed by atoms with Gasteiger partial charge in [0, 0.05) is 38.4 Å². The lowest BCUT2D eigenvalue weighted by molar-refractivity contribution is -0.141. The van der Waals surface area contributed by atoms with Gasteiger partial charge in [-0.25, -0.2) is 9.59 Å². The predicted octanol–water partition coefficient (Wildman–Crippen LogP) is 0.804. The van der Waals surface area contributed by atoms with Gasteiger partial charge in [0.15, 0.2) is 0 Å². The van der Waals surface area contributed by atoms with E-state index in [1.54, 1.807) is 18.2 Å². The maximum atomic E-state index is 12.2. The summed E-state index contributed by atoms with van der Waals surface area (Å²) >= 11 is 0. The second kappa shape index (κ2) is 6.01. The summed E-state index contributed by atoms with van der Waals surface area (Å²) in [7, 11) is 3.77. The molecule has 0 aromatic heterocycles. The smallest absolute Gasteiger partial charge is 0.326 e. The number of amides is 2. The van der Waals surface area contributed by atoms with Crippen LogP contribution in [-0.4, -0.2) is 59.9 Å². The molecule has 0 radical (unpaired) electrons. The Morgan fingerprint density at radius 3 is 2.71 bits per heavy atom. The molecule has 1 saturated heterocycles. The van der Waals surface area contributed by atoms with Crippen molar-refractivity contribution in [3.05, 3.63) is 24.3 Å². The molecule has 1 unspecified atom stereocenters. The fourth-order valence-corrected chi connectivity index (χ4v) is 2.33. The van der Waals surface area contributed by atoms with Gasteiger partial charge in [-0.3, -0.25) is 0 Å². The second-order valence-electron chi connectivity index (χ2n) is 5.27. The molecule has 7 nitrogen and oxygen atoms in total. The van der Waals surface area contributed by atoms with E-state index in [4.69, 9.17) is 5.11 Å². The molecular formula is C14H19N3O4. The third-order valence-corrected chi connectivity index (χ3v) is 3.44. The van der Waals surface area contributed by atoms with Gasteiger partial charge >= 0.3 is 12.0 Å². The van der Waals surface area contributed by atoms with Crippen LogP contribution in [0.2, 0.25) is 0 Å². The van der Waals surface area contributed by atoms with Gasteiger partial charge in [0.1, 0.15) is 6.04 Å². The van der Waals surface area contributed by atoms with Crippen LogP contribution in [-0.2, 0) is 4.79 Å². The first-order valence-corrected chi connectivity index (χ1v) is 6.64. The molecule has 2 amide bonds. The largest absolute Gasteiger partial charge is 0.480 e. The quantitative estimate of drug-likeness (QED) is 0.766. The maximum absolute atomic E-state index is 12.2. The van der Waals surface area contributed by atoms with Gasteiger partial charge in [-0.05, 0) is 18.2 Å². The van der Waals surface area contributed by atoms with Crippen molar-refractivity contribution >= 4 is 23.4 Å². The average molecular weight is 293 g/mol. The third kappa shape index (κ3) is 3.43. The van der Waals surface area contributed by atoms with Crippen LogP contribution in [0.25, 0.3) is 0 Å². The Bertz CT molecular complexity index is 547. The Balaban J connectivity index is 2.10. The molecule has 0 spiro atoms. The number of anilines is 2. The number of aliphatic hydroxyl groups is 1. The number of hydrogen-bond acceptors (Lipinski definition) is 4. The van der Waals surface area contributed by atoms with Crippen molar-refractivity contribution in [1.82, 2.24) is 4.90 Å². The molecule has 7 heteroatoms. The number of aliphatic carboxylic acids is 1. The van der Waals surface area contributed by atoms with Gasteiger partial charge in [-0.15, -0.1) is 0 Å². The van der Waals surface area contributed by atoms with Gasteiger partial charge in [0.25, 0.3) is 0 Å². The summed E-state index contributed by atoms with van der Waals surface area (Å²) < 4.78 is 0. The highest BCUT2D eigenvalue weighted by Crippen LogP contribution is 2.21. The van der Waals surface area contributed by atoms with Crippen LogP contribution in [0.5, 0.6) is 0 Å². The van der Waals surface area contributed by atoms with Gasteiger partial charge in [0.2, 0.25) is 0 Å². The molecule has 1 aromatic rings. The fraction of sp³-hybridized carbons (Fsp3) is 0.429. The number of nitrogens with zero attached hydrogens (tertiary/aromatic N) is 2. The zero-order valence-electron chi connectivity index (χ0n) is 12.0. The summed E-state index contributed by atoms with van der Waals surface area (Å²) in [6.07, 6.45) is -0.745. The van der Waals surface area contributed by atoms with Gasteiger partial charge in [0.05, 0.1) is 6.10 Å². The van der Waals surface area contributed by atoms with Crippen molar-refractivity contribution in [3.8, 4) is 0 Å². The number of carboxylic acids is 1. The Kier molecular flexibility index (Phi) is 4.32. The van der Waals surface area contributed by atoms with E-state index in [1.165, 1.54) is 0 Å². The second-order valence-corrected chi connectivity index (χ2v) is 5.27.